The van der Waals surface area contributed by atoms with E-state index in [0.717, 1.165) is 21.0 Å². The Morgan fingerprint density at radius 2 is 2.00 bits per heavy atom. The van der Waals surface area contributed by atoms with Gasteiger partial charge >= 0.3 is 0 Å². The van der Waals surface area contributed by atoms with Gasteiger partial charge in [-0.15, -0.1) is 11.3 Å². The highest BCUT2D eigenvalue weighted by molar-refractivity contribution is 8.04. The summed E-state index contributed by atoms with van der Waals surface area (Å²) in [5.74, 6) is -0.289. The maximum Gasteiger partial charge on any atom is 0.264 e. The van der Waals surface area contributed by atoms with E-state index in [4.69, 9.17) is 11.6 Å². The number of halogens is 1. The van der Waals surface area contributed by atoms with Crippen LogP contribution in [0.25, 0.3) is 6.08 Å². The maximum absolute atomic E-state index is 12.9. The molecule has 0 unspecified atom stereocenters. The molecule has 1 aliphatic heterocycles. The van der Waals surface area contributed by atoms with E-state index in [0.29, 0.717) is 22.0 Å². The fourth-order valence-electron chi connectivity index (χ4n) is 2.95. The van der Waals surface area contributed by atoms with Crippen LogP contribution in [0.5, 0.6) is 0 Å². The first-order chi connectivity index (χ1) is 14.0. The second-order valence-corrected chi connectivity index (χ2v) is 8.96. The molecule has 0 fully saturated rings. The number of carbonyl (C=O) groups excluding carboxylic acids is 2. The summed E-state index contributed by atoms with van der Waals surface area (Å²) in [5, 5.41) is 5.49. The van der Waals surface area contributed by atoms with Crippen LogP contribution < -0.4 is 10.2 Å². The van der Waals surface area contributed by atoms with Gasteiger partial charge in [0.1, 0.15) is 0 Å². The molecule has 0 spiro atoms. The van der Waals surface area contributed by atoms with Gasteiger partial charge in [0.2, 0.25) is 0 Å². The quantitative estimate of drug-likeness (QED) is 0.549. The molecule has 2 amide bonds. The molecule has 0 aliphatic carbocycles. The Morgan fingerprint density at radius 1 is 1.17 bits per heavy atom. The second kappa shape index (κ2) is 8.45. The first kappa shape index (κ1) is 19.8. The Balaban J connectivity index is 1.57. The van der Waals surface area contributed by atoms with Crippen molar-refractivity contribution in [3.05, 3.63) is 85.9 Å². The zero-order valence-electron chi connectivity index (χ0n) is 15.5. The number of nitrogens with zero attached hydrogens (tertiary/aromatic N) is 1. The van der Waals surface area contributed by atoms with Crippen molar-refractivity contribution in [2.75, 3.05) is 11.9 Å². The number of hydrogen-bond donors (Lipinski definition) is 1. The molecule has 29 heavy (non-hydrogen) atoms. The molecule has 0 radical (unpaired) electrons. The van der Waals surface area contributed by atoms with Gasteiger partial charge in [0.15, 0.2) is 0 Å². The fraction of sp³-hybridized carbons (Fsp3) is 0.0909. The predicted octanol–water partition coefficient (Wildman–Crippen LogP) is 5.44. The second-order valence-electron chi connectivity index (χ2n) is 6.44. The number of benzene rings is 2. The molecule has 0 saturated heterocycles. The molecule has 0 bridgehead atoms. The largest absolute Gasteiger partial charge is 0.347 e. The predicted molar refractivity (Wildman–Crippen MR) is 121 cm³/mol. The van der Waals surface area contributed by atoms with Gasteiger partial charge in [-0.2, -0.15) is 0 Å². The van der Waals surface area contributed by atoms with Gasteiger partial charge in [-0.3, -0.25) is 9.59 Å². The number of anilines is 1. The van der Waals surface area contributed by atoms with Crippen molar-refractivity contribution in [1.29, 1.82) is 0 Å². The summed E-state index contributed by atoms with van der Waals surface area (Å²) in [5.41, 5.74) is 2.05. The van der Waals surface area contributed by atoms with Gasteiger partial charge in [0.25, 0.3) is 11.8 Å². The average molecular weight is 441 g/mol. The number of fused-ring (bicyclic) bond motifs is 1. The molecule has 146 valence electrons. The highest BCUT2D eigenvalue weighted by Crippen LogP contribution is 2.42. The van der Waals surface area contributed by atoms with E-state index in [2.05, 4.69) is 5.32 Å². The molecule has 1 aromatic heterocycles. The van der Waals surface area contributed by atoms with Gasteiger partial charge in [-0.05, 0) is 47.4 Å². The van der Waals surface area contributed by atoms with Crippen molar-refractivity contribution < 1.29 is 9.59 Å². The number of hydrogen-bond acceptors (Lipinski definition) is 4. The molecule has 1 aliphatic rings. The number of amides is 2. The SMILES string of the molecule is CN1C(=O)C(=Cc2ccccc2Cl)Sc2ccc(C(=O)NCc3cccs3)cc21. The normalized spacial score (nSPS) is 14.8. The number of thiophene rings is 1. The third-order valence-corrected chi connectivity index (χ3v) is 6.81. The minimum absolute atomic E-state index is 0.126. The maximum atomic E-state index is 12.9. The van der Waals surface area contributed by atoms with Gasteiger partial charge in [-0.25, -0.2) is 0 Å². The minimum atomic E-state index is -0.163. The molecular weight excluding hydrogens is 424 g/mol. The van der Waals surface area contributed by atoms with E-state index in [1.165, 1.54) is 11.8 Å². The third-order valence-electron chi connectivity index (χ3n) is 4.51. The van der Waals surface area contributed by atoms with Crippen molar-refractivity contribution in [3.8, 4) is 0 Å². The summed E-state index contributed by atoms with van der Waals surface area (Å²) >= 11 is 9.21. The van der Waals surface area contributed by atoms with Gasteiger partial charge in [-0.1, -0.05) is 47.6 Å². The van der Waals surface area contributed by atoms with Crippen LogP contribution >= 0.6 is 34.7 Å². The van der Waals surface area contributed by atoms with Crippen molar-refractivity contribution in [3.63, 3.8) is 0 Å². The Morgan fingerprint density at radius 3 is 2.76 bits per heavy atom. The molecule has 0 atom stereocenters. The lowest BCUT2D eigenvalue weighted by Crippen LogP contribution is -2.31. The van der Waals surface area contributed by atoms with Crippen LogP contribution in [0.2, 0.25) is 5.02 Å². The molecule has 4 nitrogen and oxygen atoms in total. The molecule has 4 rings (SSSR count). The van der Waals surface area contributed by atoms with E-state index in [-0.39, 0.29) is 11.8 Å². The molecule has 1 N–H and O–H groups in total. The Bertz CT molecular complexity index is 1110. The molecule has 2 heterocycles. The van der Waals surface area contributed by atoms with Crippen LogP contribution in [-0.4, -0.2) is 18.9 Å². The zero-order valence-corrected chi connectivity index (χ0v) is 17.9. The van der Waals surface area contributed by atoms with Gasteiger partial charge in [0, 0.05) is 27.4 Å². The topological polar surface area (TPSA) is 49.4 Å². The smallest absolute Gasteiger partial charge is 0.264 e. The van der Waals surface area contributed by atoms with Gasteiger partial charge in [0.05, 0.1) is 17.1 Å². The van der Waals surface area contributed by atoms with Crippen LogP contribution in [0.15, 0.2) is 69.8 Å². The number of carbonyl (C=O) groups is 2. The lowest BCUT2D eigenvalue weighted by Gasteiger charge is -2.27. The van der Waals surface area contributed by atoms with E-state index in [9.17, 15) is 9.59 Å². The summed E-state index contributed by atoms with van der Waals surface area (Å²) in [6, 6.07) is 16.8. The highest BCUT2D eigenvalue weighted by atomic mass is 35.5. The summed E-state index contributed by atoms with van der Waals surface area (Å²) in [4.78, 5) is 29.5. The molecule has 7 heteroatoms. The Kier molecular flexibility index (Phi) is 5.76. The summed E-state index contributed by atoms with van der Waals surface area (Å²) in [7, 11) is 1.72. The summed E-state index contributed by atoms with van der Waals surface area (Å²) in [6.45, 7) is 0.488. The van der Waals surface area contributed by atoms with Gasteiger partial charge < -0.3 is 10.2 Å². The molecule has 3 aromatic rings. The first-order valence-electron chi connectivity index (χ1n) is 8.89. The molecular formula is C22H17ClN2O2S2. The number of thioether (sulfide) groups is 1. The first-order valence-corrected chi connectivity index (χ1v) is 11.0. The van der Waals surface area contributed by atoms with Crippen LogP contribution in [0.4, 0.5) is 5.69 Å². The van der Waals surface area contributed by atoms with E-state index < -0.39 is 0 Å². The Labute approximate surface area is 182 Å². The third kappa shape index (κ3) is 4.24. The number of rotatable bonds is 4. The van der Waals surface area contributed by atoms with E-state index >= 15 is 0 Å². The molecule has 2 aromatic carbocycles. The Hall–Kier alpha value is -2.54. The van der Waals surface area contributed by atoms with Crippen molar-refractivity contribution in [1.82, 2.24) is 5.32 Å². The zero-order chi connectivity index (χ0) is 20.4. The van der Waals surface area contributed by atoms with Crippen LogP contribution in [0.1, 0.15) is 20.8 Å². The van der Waals surface area contributed by atoms with Crippen LogP contribution in [-0.2, 0) is 11.3 Å². The monoisotopic (exact) mass is 440 g/mol. The van der Waals surface area contributed by atoms with Crippen molar-refractivity contribution >= 4 is 58.3 Å². The molecule has 0 saturated carbocycles. The summed E-state index contributed by atoms with van der Waals surface area (Å²) in [6.07, 6.45) is 1.80. The average Bonchev–Trinajstić information content (AvgIpc) is 3.25. The fourth-order valence-corrected chi connectivity index (χ4v) is 4.87. The van der Waals surface area contributed by atoms with Crippen LogP contribution in [0.3, 0.4) is 0 Å². The number of nitrogens with one attached hydrogen (secondary N) is 1. The van der Waals surface area contributed by atoms with E-state index in [1.54, 1.807) is 47.6 Å². The lowest BCUT2D eigenvalue weighted by atomic mass is 10.1. The standard InChI is InChI=1S/C22H17ClN2O2S2/c1-25-18-11-15(21(26)24-13-16-6-4-10-28-16)8-9-19(18)29-20(22(25)27)12-14-5-2-3-7-17(14)23/h2-12H,13H2,1H3,(H,24,26). The van der Waals surface area contributed by atoms with Crippen LogP contribution in [0, 0.1) is 0 Å². The lowest BCUT2D eigenvalue weighted by molar-refractivity contribution is -0.114. The van der Waals surface area contributed by atoms with E-state index in [1.807, 2.05) is 41.8 Å². The van der Waals surface area contributed by atoms with Crippen molar-refractivity contribution in [2.45, 2.75) is 11.4 Å². The minimum Gasteiger partial charge on any atom is -0.347 e. The number of likely N-dealkylation sites (N-methyl/N-ethyl adjacent to an activating group) is 1. The highest BCUT2D eigenvalue weighted by Gasteiger charge is 2.27. The summed E-state index contributed by atoms with van der Waals surface area (Å²) < 4.78 is 0. The van der Waals surface area contributed by atoms with Crippen molar-refractivity contribution in [2.24, 2.45) is 0 Å².